The Hall–Kier alpha value is -4.33. The molecular weight excluding hydrogens is 458 g/mol. The first kappa shape index (κ1) is 26.3. The van der Waals surface area contributed by atoms with Crippen LogP contribution in [0.25, 0.3) is 0 Å². The molecule has 0 heterocycles. The molecule has 1 atom stereocenters. The van der Waals surface area contributed by atoms with E-state index in [2.05, 4.69) is 21.9 Å². The number of nitrogens with zero attached hydrogens (tertiary/aromatic N) is 1. The molecule has 0 aromatic heterocycles. The molecule has 0 spiro atoms. The van der Waals surface area contributed by atoms with Gasteiger partial charge in [0.2, 0.25) is 0 Å². The Morgan fingerprint density at radius 3 is 2.47 bits per heavy atom. The minimum absolute atomic E-state index is 0.369. The summed E-state index contributed by atoms with van der Waals surface area (Å²) in [6.45, 7) is 6.42. The number of nitrogens with one attached hydrogen (secondary N) is 2. The number of aryl methyl sites for hydroxylation is 1. The highest BCUT2D eigenvalue weighted by Gasteiger charge is 2.16. The molecule has 3 rings (SSSR count). The van der Waals surface area contributed by atoms with E-state index in [9.17, 15) is 9.59 Å². The number of benzene rings is 3. The van der Waals surface area contributed by atoms with Gasteiger partial charge in [-0.15, -0.1) is 0 Å². The Balaban J connectivity index is 1.56. The molecule has 2 amide bonds. The molecule has 0 saturated heterocycles. The van der Waals surface area contributed by atoms with Crippen LogP contribution in [0.4, 0.5) is 0 Å². The second-order valence-corrected chi connectivity index (χ2v) is 8.07. The Morgan fingerprint density at radius 1 is 1.00 bits per heavy atom. The molecule has 2 N–H and O–H groups in total. The number of rotatable bonds is 11. The lowest BCUT2D eigenvalue weighted by Gasteiger charge is -2.13. The fraction of sp³-hybridized carbons (Fsp3) is 0.250. The van der Waals surface area contributed by atoms with Crippen LogP contribution in [-0.4, -0.2) is 37.8 Å². The summed E-state index contributed by atoms with van der Waals surface area (Å²) in [4.78, 5) is 24.7. The Kier molecular flexibility index (Phi) is 9.45. The van der Waals surface area contributed by atoms with Crippen LogP contribution in [0.3, 0.4) is 0 Å². The van der Waals surface area contributed by atoms with Gasteiger partial charge in [0.05, 0.1) is 19.9 Å². The van der Waals surface area contributed by atoms with Gasteiger partial charge in [0.1, 0.15) is 18.4 Å². The maximum Gasteiger partial charge on any atom is 0.262 e. The van der Waals surface area contributed by atoms with Gasteiger partial charge in [-0.25, -0.2) is 5.43 Å². The quantitative estimate of drug-likeness (QED) is 0.310. The fourth-order valence-electron chi connectivity index (χ4n) is 3.31. The number of carbonyl (C=O) groups is 2. The van der Waals surface area contributed by atoms with Gasteiger partial charge in [0.25, 0.3) is 11.8 Å². The van der Waals surface area contributed by atoms with Gasteiger partial charge in [-0.05, 0) is 74.4 Å². The van der Waals surface area contributed by atoms with Crippen molar-refractivity contribution < 1.29 is 23.8 Å². The number of hydrazone groups is 1. The third-order valence-electron chi connectivity index (χ3n) is 5.23. The Morgan fingerprint density at radius 2 is 1.78 bits per heavy atom. The minimum atomic E-state index is -0.784. The molecule has 0 saturated carbocycles. The number of hydrogen-bond donors (Lipinski definition) is 2. The average Bonchev–Trinajstić information content (AvgIpc) is 2.88. The number of carbonyl (C=O) groups excluding carboxylic acids is 2. The molecule has 0 bridgehead atoms. The summed E-state index contributed by atoms with van der Waals surface area (Å²) in [7, 11) is 1.55. The predicted octanol–water partition coefficient (Wildman–Crippen LogP) is 4.25. The number of ether oxygens (including phenoxy) is 3. The van der Waals surface area contributed by atoms with E-state index in [1.807, 2.05) is 44.2 Å². The number of amides is 2. The zero-order valence-corrected chi connectivity index (χ0v) is 20.9. The summed E-state index contributed by atoms with van der Waals surface area (Å²) in [6.07, 6.45) is 1.50. The number of methoxy groups -OCH3 is 1. The third kappa shape index (κ3) is 7.59. The smallest absolute Gasteiger partial charge is 0.262 e. The normalized spacial score (nSPS) is 11.6. The van der Waals surface area contributed by atoms with Crippen molar-refractivity contribution in [1.82, 2.24) is 10.7 Å². The SMILES string of the molecule is CCOc1cc(C=NNC(=O)C(C)NC(=O)c2ccc(OC)cc2)ccc1OCc1cccc(C)c1. The van der Waals surface area contributed by atoms with E-state index >= 15 is 0 Å². The van der Waals surface area contributed by atoms with Crippen molar-refractivity contribution >= 4 is 18.0 Å². The van der Waals surface area contributed by atoms with Gasteiger partial charge in [-0.3, -0.25) is 9.59 Å². The van der Waals surface area contributed by atoms with Crippen LogP contribution in [-0.2, 0) is 11.4 Å². The van der Waals surface area contributed by atoms with Gasteiger partial charge in [0, 0.05) is 5.56 Å². The summed E-state index contributed by atoms with van der Waals surface area (Å²) in [5, 5.41) is 6.65. The molecular formula is C28H31N3O5. The van der Waals surface area contributed by atoms with Crippen molar-refractivity contribution in [2.45, 2.75) is 33.4 Å². The second kappa shape index (κ2) is 12.9. The van der Waals surface area contributed by atoms with E-state index in [4.69, 9.17) is 14.2 Å². The van der Waals surface area contributed by atoms with Crippen molar-refractivity contribution in [2.75, 3.05) is 13.7 Å². The van der Waals surface area contributed by atoms with E-state index in [1.165, 1.54) is 11.8 Å². The number of hydrogen-bond acceptors (Lipinski definition) is 6. The highest BCUT2D eigenvalue weighted by atomic mass is 16.5. The summed E-state index contributed by atoms with van der Waals surface area (Å²) < 4.78 is 16.8. The molecule has 3 aromatic carbocycles. The zero-order chi connectivity index (χ0) is 25.9. The monoisotopic (exact) mass is 489 g/mol. The lowest BCUT2D eigenvalue weighted by Crippen LogP contribution is -2.43. The van der Waals surface area contributed by atoms with E-state index in [0.29, 0.717) is 36.0 Å². The van der Waals surface area contributed by atoms with Crippen LogP contribution in [0.15, 0.2) is 71.8 Å². The van der Waals surface area contributed by atoms with Crippen LogP contribution in [0.2, 0.25) is 0 Å². The molecule has 188 valence electrons. The molecule has 0 aliphatic rings. The standard InChI is InChI=1S/C28H31N3O5/c1-5-35-26-16-21(9-14-25(26)36-18-22-8-6-7-19(2)15-22)17-29-31-27(32)20(3)30-28(33)23-10-12-24(34-4)13-11-23/h6-17,20H,5,18H2,1-4H3,(H,30,33)(H,31,32). The van der Waals surface area contributed by atoms with Crippen molar-refractivity contribution in [3.8, 4) is 17.2 Å². The molecule has 0 fully saturated rings. The van der Waals surface area contributed by atoms with Crippen molar-refractivity contribution in [3.05, 3.63) is 89.0 Å². The van der Waals surface area contributed by atoms with Gasteiger partial charge >= 0.3 is 0 Å². The fourth-order valence-corrected chi connectivity index (χ4v) is 3.31. The van der Waals surface area contributed by atoms with Crippen LogP contribution in [0.1, 0.15) is 40.9 Å². The van der Waals surface area contributed by atoms with E-state index in [-0.39, 0.29) is 5.91 Å². The molecule has 0 aliphatic heterocycles. The average molecular weight is 490 g/mol. The van der Waals surface area contributed by atoms with E-state index < -0.39 is 11.9 Å². The summed E-state index contributed by atoms with van der Waals surface area (Å²) >= 11 is 0. The molecule has 8 heteroatoms. The summed E-state index contributed by atoms with van der Waals surface area (Å²) in [6, 6.07) is 19.4. The second-order valence-electron chi connectivity index (χ2n) is 8.07. The van der Waals surface area contributed by atoms with Crippen molar-refractivity contribution in [2.24, 2.45) is 5.10 Å². The van der Waals surface area contributed by atoms with E-state index in [0.717, 1.165) is 11.1 Å². The Labute approximate surface area is 211 Å². The van der Waals surface area contributed by atoms with Gasteiger partial charge in [-0.1, -0.05) is 29.8 Å². The molecule has 3 aromatic rings. The molecule has 0 aliphatic carbocycles. The summed E-state index contributed by atoms with van der Waals surface area (Å²) in [5.74, 6) is 1.03. The molecule has 0 radical (unpaired) electrons. The highest BCUT2D eigenvalue weighted by Crippen LogP contribution is 2.29. The van der Waals surface area contributed by atoms with Gasteiger partial charge in [0.15, 0.2) is 11.5 Å². The Bertz CT molecular complexity index is 1210. The first-order valence-electron chi connectivity index (χ1n) is 11.6. The maximum absolute atomic E-state index is 12.4. The van der Waals surface area contributed by atoms with Crippen LogP contribution >= 0.6 is 0 Å². The lowest BCUT2D eigenvalue weighted by atomic mass is 10.1. The lowest BCUT2D eigenvalue weighted by molar-refractivity contribution is -0.122. The maximum atomic E-state index is 12.4. The third-order valence-corrected chi connectivity index (χ3v) is 5.23. The van der Waals surface area contributed by atoms with Crippen molar-refractivity contribution in [3.63, 3.8) is 0 Å². The largest absolute Gasteiger partial charge is 0.497 e. The van der Waals surface area contributed by atoms with Gasteiger partial charge in [-0.2, -0.15) is 5.10 Å². The highest BCUT2D eigenvalue weighted by molar-refractivity contribution is 5.97. The zero-order valence-electron chi connectivity index (χ0n) is 20.9. The molecule has 8 nitrogen and oxygen atoms in total. The topological polar surface area (TPSA) is 98.2 Å². The predicted molar refractivity (Wildman–Crippen MR) is 139 cm³/mol. The molecule has 36 heavy (non-hydrogen) atoms. The minimum Gasteiger partial charge on any atom is -0.497 e. The molecule has 1 unspecified atom stereocenters. The van der Waals surface area contributed by atoms with Crippen molar-refractivity contribution in [1.29, 1.82) is 0 Å². The van der Waals surface area contributed by atoms with Crippen LogP contribution in [0.5, 0.6) is 17.2 Å². The first-order valence-corrected chi connectivity index (χ1v) is 11.6. The van der Waals surface area contributed by atoms with E-state index in [1.54, 1.807) is 44.4 Å². The van der Waals surface area contributed by atoms with Gasteiger partial charge < -0.3 is 19.5 Å². The summed E-state index contributed by atoms with van der Waals surface area (Å²) in [5.41, 5.74) is 5.83. The van der Waals surface area contributed by atoms with Crippen LogP contribution < -0.4 is 25.0 Å². The van der Waals surface area contributed by atoms with Crippen LogP contribution in [0, 0.1) is 6.92 Å². The first-order chi connectivity index (χ1) is 17.4.